The Kier molecular flexibility index (Phi) is 5.29. The van der Waals surface area contributed by atoms with Crippen molar-refractivity contribution in [3.8, 4) is 6.07 Å². The SMILES string of the molecule is N#CC1=CCSC=C1.OC1CCCc2ccc3c(ccc4ccccc43)c21. The van der Waals surface area contributed by atoms with Crippen LogP contribution in [-0.4, -0.2) is 10.9 Å². The van der Waals surface area contributed by atoms with Crippen LogP contribution in [0, 0.1) is 11.3 Å². The van der Waals surface area contributed by atoms with Gasteiger partial charge in [-0.1, -0.05) is 54.6 Å². The summed E-state index contributed by atoms with van der Waals surface area (Å²) < 4.78 is 0. The Balaban J connectivity index is 0.000000190. The molecule has 0 aromatic heterocycles. The lowest BCUT2D eigenvalue weighted by Gasteiger charge is -2.23. The van der Waals surface area contributed by atoms with Crippen LogP contribution in [-0.2, 0) is 6.42 Å². The van der Waals surface area contributed by atoms with E-state index in [-0.39, 0.29) is 6.10 Å². The molecule has 0 saturated carbocycles. The highest BCUT2D eigenvalue weighted by Crippen LogP contribution is 2.37. The Bertz CT molecular complexity index is 1090. The third-order valence-corrected chi connectivity index (χ3v) is 5.87. The Hall–Kier alpha value is -2.54. The van der Waals surface area contributed by atoms with Crippen molar-refractivity contribution in [1.29, 1.82) is 5.26 Å². The zero-order chi connectivity index (χ0) is 18.6. The largest absolute Gasteiger partial charge is 0.388 e. The van der Waals surface area contributed by atoms with Gasteiger partial charge in [0.2, 0.25) is 0 Å². The van der Waals surface area contributed by atoms with E-state index in [1.165, 1.54) is 27.1 Å². The van der Waals surface area contributed by atoms with E-state index < -0.39 is 0 Å². The Morgan fingerprint density at radius 3 is 2.63 bits per heavy atom. The zero-order valence-corrected chi connectivity index (χ0v) is 15.9. The van der Waals surface area contributed by atoms with Crippen LogP contribution in [0.3, 0.4) is 0 Å². The molecular weight excluding hydrogens is 350 g/mol. The lowest BCUT2D eigenvalue weighted by Crippen LogP contribution is -2.09. The first-order valence-corrected chi connectivity index (χ1v) is 10.3. The number of allylic oxidation sites excluding steroid dienone is 2. The molecule has 1 aliphatic carbocycles. The molecule has 2 aliphatic rings. The lowest BCUT2D eigenvalue weighted by atomic mass is 9.85. The van der Waals surface area contributed by atoms with Crippen LogP contribution in [0.15, 0.2) is 71.7 Å². The van der Waals surface area contributed by atoms with Crippen LogP contribution >= 0.6 is 11.8 Å². The second-order valence-electron chi connectivity index (χ2n) is 6.84. The number of aryl methyl sites for hydroxylation is 1. The van der Waals surface area contributed by atoms with Gasteiger partial charge in [-0.05, 0) is 63.4 Å². The summed E-state index contributed by atoms with van der Waals surface area (Å²) >= 11 is 1.71. The summed E-state index contributed by atoms with van der Waals surface area (Å²) in [6.45, 7) is 0. The summed E-state index contributed by atoms with van der Waals surface area (Å²) in [4.78, 5) is 0. The van der Waals surface area contributed by atoms with E-state index in [0.29, 0.717) is 0 Å². The number of hydrogen-bond donors (Lipinski definition) is 1. The van der Waals surface area contributed by atoms with E-state index in [9.17, 15) is 5.11 Å². The van der Waals surface area contributed by atoms with Gasteiger partial charge in [0.05, 0.1) is 12.2 Å². The fraction of sp³-hybridized carbons (Fsp3) is 0.208. The number of rotatable bonds is 0. The molecule has 0 saturated heterocycles. The number of aliphatic hydroxyl groups is 1. The second-order valence-corrected chi connectivity index (χ2v) is 7.77. The Morgan fingerprint density at radius 2 is 1.85 bits per heavy atom. The molecule has 2 nitrogen and oxygen atoms in total. The number of thioether (sulfide) groups is 1. The minimum atomic E-state index is -0.298. The first kappa shape index (κ1) is 17.9. The topological polar surface area (TPSA) is 44.0 Å². The summed E-state index contributed by atoms with van der Waals surface area (Å²) in [6, 6.07) is 19.3. The quantitative estimate of drug-likeness (QED) is 0.489. The maximum atomic E-state index is 10.3. The van der Waals surface area contributed by atoms with E-state index in [2.05, 4.69) is 54.6 Å². The maximum absolute atomic E-state index is 10.3. The number of fused-ring (bicyclic) bond motifs is 5. The summed E-state index contributed by atoms with van der Waals surface area (Å²) in [5.74, 6) is 0.944. The van der Waals surface area contributed by atoms with Crippen molar-refractivity contribution in [2.24, 2.45) is 0 Å². The van der Waals surface area contributed by atoms with E-state index in [1.54, 1.807) is 11.8 Å². The number of aliphatic hydroxyl groups excluding tert-OH is 1. The minimum Gasteiger partial charge on any atom is -0.388 e. The van der Waals surface area contributed by atoms with Gasteiger partial charge in [0, 0.05) is 11.3 Å². The fourth-order valence-corrected chi connectivity index (χ4v) is 4.49. The molecule has 0 amide bonds. The van der Waals surface area contributed by atoms with Crippen LogP contribution in [0.1, 0.15) is 30.1 Å². The molecule has 0 bridgehead atoms. The molecule has 1 aliphatic heterocycles. The van der Waals surface area contributed by atoms with Crippen molar-refractivity contribution < 1.29 is 5.11 Å². The van der Waals surface area contributed by atoms with Gasteiger partial charge in [-0.3, -0.25) is 0 Å². The van der Waals surface area contributed by atoms with E-state index in [4.69, 9.17) is 5.26 Å². The highest BCUT2D eigenvalue weighted by atomic mass is 32.2. The molecule has 134 valence electrons. The molecule has 1 heterocycles. The van der Waals surface area contributed by atoms with Crippen molar-refractivity contribution in [2.75, 3.05) is 5.75 Å². The van der Waals surface area contributed by atoms with Crippen LogP contribution < -0.4 is 0 Å². The van der Waals surface area contributed by atoms with Gasteiger partial charge in [0.1, 0.15) is 0 Å². The molecular formula is C24H21NOS. The molecule has 1 unspecified atom stereocenters. The third-order valence-electron chi connectivity index (χ3n) is 5.19. The average molecular weight is 372 g/mol. The Morgan fingerprint density at radius 1 is 1.00 bits per heavy atom. The molecule has 3 aromatic carbocycles. The summed E-state index contributed by atoms with van der Waals surface area (Å²) in [7, 11) is 0. The third kappa shape index (κ3) is 3.64. The minimum absolute atomic E-state index is 0.298. The van der Waals surface area contributed by atoms with Crippen LogP contribution in [0.5, 0.6) is 0 Å². The van der Waals surface area contributed by atoms with E-state index >= 15 is 0 Å². The van der Waals surface area contributed by atoms with Crippen molar-refractivity contribution in [3.05, 3.63) is 82.8 Å². The van der Waals surface area contributed by atoms with Crippen molar-refractivity contribution in [3.63, 3.8) is 0 Å². The first-order chi connectivity index (χ1) is 13.3. The van der Waals surface area contributed by atoms with Gasteiger partial charge in [0.15, 0.2) is 0 Å². The number of benzene rings is 3. The summed E-state index contributed by atoms with van der Waals surface area (Å²) in [5, 5.41) is 25.6. The predicted molar refractivity (Wildman–Crippen MR) is 115 cm³/mol. The van der Waals surface area contributed by atoms with Crippen molar-refractivity contribution in [1.82, 2.24) is 0 Å². The maximum Gasteiger partial charge on any atom is 0.0988 e. The molecule has 1 atom stereocenters. The standard InChI is InChI=1S/C18H16O.C6H5NS/c19-17-7-3-5-13-9-10-15-14-6-2-1-4-12(14)8-11-16(15)18(13)17;7-5-6-1-3-8-4-2-6/h1-2,4,6,8-11,17,19H,3,5,7H2;1-3H,4H2. The van der Waals surface area contributed by atoms with Gasteiger partial charge >= 0.3 is 0 Å². The smallest absolute Gasteiger partial charge is 0.0988 e. The molecule has 0 radical (unpaired) electrons. The van der Waals surface area contributed by atoms with Gasteiger partial charge in [-0.2, -0.15) is 5.26 Å². The van der Waals surface area contributed by atoms with E-state index in [1.807, 2.05) is 17.6 Å². The van der Waals surface area contributed by atoms with E-state index in [0.717, 1.165) is 36.2 Å². The molecule has 5 rings (SSSR count). The molecule has 3 heteroatoms. The number of nitrogens with zero attached hydrogens (tertiary/aromatic N) is 1. The highest BCUT2D eigenvalue weighted by Gasteiger charge is 2.20. The second kappa shape index (κ2) is 8.00. The normalized spacial score (nSPS) is 18.2. The average Bonchev–Trinajstić information content (AvgIpc) is 2.74. The molecule has 0 fully saturated rings. The molecule has 1 N–H and O–H groups in total. The van der Waals surface area contributed by atoms with Crippen LogP contribution in [0.2, 0.25) is 0 Å². The van der Waals surface area contributed by atoms with Gasteiger partial charge < -0.3 is 5.11 Å². The van der Waals surface area contributed by atoms with Gasteiger partial charge in [-0.15, -0.1) is 11.8 Å². The molecule has 3 aromatic rings. The summed E-state index contributed by atoms with van der Waals surface area (Å²) in [5.41, 5.74) is 3.26. The lowest BCUT2D eigenvalue weighted by molar-refractivity contribution is 0.158. The van der Waals surface area contributed by atoms with Gasteiger partial charge in [0.25, 0.3) is 0 Å². The monoisotopic (exact) mass is 371 g/mol. The van der Waals surface area contributed by atoms with Gasteiger partial charge in [-0.25, -0.2) is 0 Å². The summed E-state index contributed by atoms with van der Waals surface area (Å²) in [6.07, 6.45) is 6.52. The molecule has 0 spiro atoms. The van der Waals surface area contributed by atoms with Crippen LogP contribution in [0.25, 0.3) is 21.5 Å². The van der Waals surface area contributed by atoms with Crippen molar-refractivity contribution in [2.45, 2.75) is 25.4 Å². The molecule has 27 heavy (non-hydrogen) atoms. The number of nitriles is 1. The first-order valence-electron chi connectivity index (χ1n) is 9.27. The Labute approximate surface area is 163 Å². The predicted octanol–water partition coefficient (Wildman–Crippen LogP) is 6.06. The highest BCUT2D eigenvalue weighted by molar-refractivity contribution is 8.02. The van der Waals surface area contributed by atoms with Crippen LogP contribution in [0.4, 0.5) is 0 Å². The number of hydrogen-bond acceptors (Lipinski definition) is 3. The fourth-order valence-electron chi connectivity index (χ4n) is 3.86. The van der Waals surface area contributed by atoms with Crippen molar-refractivity contribution >= 4 is 33.3 Å². The zero-order valence-electron chi connectivity index (χ0n) is 15.1.